The second-order valence-corrected chi connectivity index (χ2v) is 12.6. The van der Waals surface area contributed by atoms with E-state index < -0.39 is 29.1 Å². The fourth-order valence-electron chi connectivity index (χ4n) is 6.75. The Morgan fingerprint density at radius 2 is 1.88 bits per heavy atom. The number of piperidine rings is 1. The predicted octanol–water partition coefficient (Wildman–Crippen LogP) is 5.93. The van der Waals surface area contributed by atoms with Crippen molar-refractivity contribution in [3.8, 4) is 11.1 Å². The molecule has 6 rings (SSSR count). The van der Waals surface area contributed by atoms with E-state index in [0.29, 0.717) is 49.3 Å². The molecule has 0 aliphatic carbocycles. The molecule has 2 fully saturated rings. The first kappa shape index (κ1) is 29.4. The van der Waals surface area contributed by atoms with Crippen LogP contribution < -0.4 is 15.9 Å². The zero-order valence-electron chi connectivity index (χ0n) is 23.6. The summed E-state index contributed by atoms with van der Waals surface area (Å²) >= 11 is 1.22. The van der Waals surface area contributed by atoms with Crippen LogP contribution in [0.25, 0.3) is 22.0 Å². The first-order chi connectivity index (χ1) is 20.1. The number of halogens is 5. The third kappa shape index (κ3) is 5.30. The van der Waals surface area contributed by atoms with Gasteiger partial charge in [0.1, 0.15) is 17.5 Å². The second kappa shape index (κ2) is 11.4. The molecule has 0 unspecified atom stereocenters. The van der Waals surface area contributed by atoms with Gasteiger partial charge in [-0.3, -0.25) is 4.57 Å². The summed E-state index contributed by atoms with van der Waals surface area (Å²) < 4.78 is 74.9. The van der Waals surface area contributed by atoms with Gasteiger partial charge in [0, 0.05) is 64.9 Å². The van der Waals surface area contributed by atoms with Crippen molar-refractivity contribution in [3.63, 3.8) is 0 Å². The van der Waals surface area contributed by atoms with Crippen LogP contribution in [0, 0.1) is 17.6 Å². The van der Waals surface area contributed by atoms with E-state index in [1.54, 1.807) is 4.57 Å². The largest absolute Gasteiger partial charge is 0.417 e. The number of rotatable bonds is 5. The third-order valence-electron chi connectivity index (χ3n) is 8.97. The van der Waals surface area contributed by atoms with Crippen LogP contribution in [0.1, 0.15) is 44.7 Å². The molecule has 2 aromatic carbocycles. The fourth-order valence-corrected chi connectivity index (χ4v) is 8.10. The molecule has 4 heterocycles. The first-order valence-electron chi connectivity index (χ1n) is 14.5. The second-order valence-electron chi connectivity index (χ2n) is 11.6. The maximum atomic E-state index is 15.2. The molecule has 0 amide bonds. The zero-order chi connectivity index (χ0) is 29.8. The summed E-state index contributed by atoms with van der Waals surface area (Å²) in [4.78, 5) is 22.8. The summed E-state index contributed by atoms with van der Waals surface area (Å²) in [5, 5.41) is 3.50. The van der Waals surface area contributed by atoms with Gasteiger partial charge in [0.25, 0.3) is 0 Å². The minimum atomic E-state index is -4.83. The van der Waals surface area contributed by atoms with Gasteiger partial charge in [-0.25, -0.2) is 13.6 Å². The van der Waals surface area contributed by atoms with Crippen LogP contribution in [0.15, 0.2) is 34.0 Å². The number of benzene rings is 2. The number of thioether (sulfide) groups is 1. The molecular weight excluding hydrogens is 573 g/mol. The van der Waals surface area contributed by atoms with Crippen molar-refractivity contribution in [3.05, 3.63) is 51.9 Å². The number of hydrogen-bond acceptors (Lipinski definition) is 6. The summed E-state index contributed by atoms with van der Waals surface area (Å²) in [6.45, 7) is 8.68. The zero-order valence-corrected chi connectivity index (χ0v) is 24.4. The molecule has 0 bridgehead atoms. The van der Waals surface area contributed by atoms with Gasteiger partial charge in [-0.05, 0) is 69.9 Å². The molecule has 3 aliphatic heterocycles. The lowest BCUT2D eigenvalue weighted by atomic mass is 9.90. The molecule has 226 valence electrons. The van der Waals surface area contributed by atoms with E-state index in [4.69, 9.17) is 0 Å². The third-order valence-corrected chi connectivity index (χ3v) is 10.2. The maximum Gasteiger partial charge on any atom is 0.417 e. The highest BCUT2D eigenvalue weighted by molar-refractivity contribution is 7.99. The highest BCUT2D eigenvalue weighted by Crippen LogP contribution is 2.51. The van der Waals surface area contributed by atoms with Crippen molar-refractivity contribution >= 4 is 28.5 Å². The highest BCUT2D eigenvalue weighted by atomic mass is 32.2. The van der Waals surface area contributed by atoms with Crippen LogP contribution in [-0.4, -0.2) is 65.5 Å². The number of nitrogens with zero attached hydrogens (tertiary/aromatic N) is 4. The molecule has 1 aromatic heterocycles. The number of piperazine rings is 1. The predicted molar refractivity (Wildman–Crippen MR) is 155 cm³/mol. The van der Waals surface area contributed by atoms with Crippen molar-refractivity contribution in [1.29, 1.82) is 0 Å². The molecule has 3 aliphatic rings. The summed E-state index contributed by atoms with van der Waals surface area (Å²) in [6, 6.07) is 3.26. The Kier molecular flexibility index (Phi) is 7.99. The number of anilines is 1. The minimum Gasteiger partial charge on any atom is -0.351 e. The van der Waals surface area contributed by atoms with Crippen LogP contribution in [0.5, 0.6) is 0 Å². The van der Waals surface area contributed by atoms with Crippen LogP contribution in [0.2, 0.25) is 0 Å². The van der Waals surface area contributed by atoms with E-state index in [2.05, 4.69) is 22.1 Å². The van der Waals surface area contributed by atoms with E-state index in [9.17, 15) is 22.4 Å². The standard InChI is InChI=1S/C30H34F5N5OS/c1-3-38-9-6-18(7-10-38)12-20-16-42-27-25(21-5-4-19(31)13-24(21)32)23(30(33,34)35)14-22-26(27)40(20)29(41)37-28(22)39-11-8-36-15-17(39)2/h4-5,13-14,17-18,20,36H,3,6-12,15-16H2,1-2H3/t17-,20-/m0/s1. The van der Waals surface area contributed by atoms with Gasteiger partial charge in [-0.1, -0.05) is 6.92 Å². The lowest BCUT2D eigenvalue weighted by Crippen LogP contribution is -2.51. The summed E-state index contributed by atoms with van der Waals surface area (Å²) in [6.07, 6.45) is -2.14. The van der Waals surface area contributed by atoms with Crippen molar-refractivity contribution in [2.45, 2.75) is 56.3 Å². The molecule has 1 N–H and O–H groups in total. The number of likely N-dealkylation sites (tertiary alicyclic amines) is 1. The molecular formula is C30H34F5N5OS. The van der Waals surface area contributed by atoms with Crippen molar-refractivity contribution < 1.29 is 22.0 Å². The average molecular weight is 608 g/mol. The molecule has 2 saturated heterocycles. The van der Waals surface area contributed by atoms with Crippen LogP contribution in [0.3, 0.4) is 0 Å². The fraction of sp³-hybridized carbons (Fsp3) is 0.533. The number of hydrogen-bond donors (Lipinski definition) is 1. The molecule has 2 atom stereocenters. The van der Waals surface area contributed by atoms with Crippen molar-refractivity contribution in [2.75, 3.05) is 49.9 Å². The summed E-state index contributed by atoms with van der Waals surface area (Å²) in [7, 11) is 0. The minimum absolute atomic E-state index is 0.105. The smallest absolute Gasteiger partial charge is 0.351 e. The molecule has 0 radical (unpaired) electrons. The average Bonchev–Trinajstić information content (AvgIpc) is 2.95. The van der Waals surface area contributed by atoms with Crippen molar-refractivity contribution in [2.24, 2.45) is 5.92 Å². The van der Waals surface area contributed by atoms with Gasteiger partial charge in [0.05, 0.1) is 11.1 Å². The van der Waals surface area contributed by atoms with Crippen LogP contribution in [0.4, 0.5) is 27.8 Å². The molecule has 42 heavy (non-hydrogen) atoms. The molecule has 6 nitrogen and oxygen atoms in total. The van der Waals surface area contributed by atoms with Crippen LogP contribution in [-0.2, 0) is 6.18 Å². The summed E-state index contributed by atoms with van der Waals surface area (Å²) in [5.41, 5.74) is -1.87. The SMILES string of the molecule is CCN1CCC(C[C@H]2CSc3c(-c4ccc(F)cc4F)c(C(F)(F)F)cc4c(N5CCNC[C@@H]5C)nc(=O)n2c34)CC1. The Balaban J connectivity index is 1.60. The van der Waals surface area contributed by atoms with Crippen LogP contribution >= 0.6 is 11.8 Å². The lowest BCUT2D eigenvalue weighted by molar-refractivity contribution is -0.137. The van der Waals surface area contributed by atoms with Gasteiger partial charge in [0.15, 0.2) is 0 Å². The number of nitrogens with one attached hydrogen (secondary N) is 1. The molecule has 3 aromatic rings. The Morgan fingerprint density at radius 3 is 2.55 bits per heavy atom. The van der Waals surface area contributed by atoms with E-state index in [1.807, 2.05) is 11.8 Å². The van der Waals surface area contributed by atoms with Crippen molar-refractivity contribution in [1.82, 2.24) is 19.8 Å². The Bertz CT molecular complexity index is 1550. The van der Waals surface area contributed by atoms with E-state index in [0.717, 1.165) is 50.7 Å². The Labute approximate surface area is 245 Å². The molecule has 0 saturated carbocycles. The monoisotopic (exact) mass is 607 g/mol. The molecule has 0 spiro atoms. The topological polar surface area (TPSA) is 53.4 Å². The maximum absolute atomic E-state index is 15.2. The summed E-state index contributed by atoms with van der Waals surface area (Å²) in [5.74, 6) is -1.01. The Morgan fingerprint density at radius 1 is 1.12 bits per heavy atom. The van der Waals surface area contributed by atoms with Gasteiger partial charge in [0.2, 0.25) is 0 Å². The van der Waals surface area contributed by atoms with Gasteiger partial charge in [-0.15, -0.1) is 11.8 Å². The first-order valence-corrected chi connectivity index (χ1v) is 15.5. The van der Waals surface area contributed by atoms with E-state index >= 15 is 4.39 Å². The number of alkyl halides is 3. The number of aromatic nitrogens is 2. The van der Waals surface area contributed by atoms with Gasteiger partial charge in [-0.2, -0.15) is 18.2 Å². The van der Waals surface area contributed by atoms with Gasteiger partial charge < -0.3 is 15.1 Å². The normalized spacial score (nSPS) is 22.2. The van der Waals surface area contributed by atoms with Gasteiger partial charge >= 0.3 is 11.9 Å². The quantitative estimate of drug-likeness (QED) is 0.363. The van der Waals surface area contributed by atoms with E-state index in [-0.39, 0.29) is 39.3 Å². The highest BCUT2D eigenvalue weighted by Gasteiger charge is 2.40. The Hall–Kier alpha value is -2.70. The van der Waals surface area contributed by atoms with E-state index in [1.165, 1.54) is 11.8 Å². The lowest BCUT2D eigenvalue weighted by Gasteiger charge is -2.38. The molecule has 12 heteroatoms.